The van der Waals surface area contributed by atoms with E-state index in [2.05, 4.69) is 10.5 Å². The molecule has 1 saturated carbocycles. The second kappa shape index (κ2) is 6.32. The first kappa shape index (κ1) is 16.9. The molecule has 0 radical (unpaired) electrons. The van der Waals surface area contributed by atoms with Gasteiger partial charge in [0, 0.05) is 12.1 Å². The molecule has 2 N–H and O–H groups in total. The van der Waals surface area contributed by atoms with Gasteiger partial charge in [-0.3, -0.25) is 4.79 Å². The van der Waals surface area contributed by atoms with E-state index >= 15 is 0 Å². The fraction of sp³-hybridized carbons (Fsp3) is 0.389. The molecule has 26 heavy (non-hydrogen) atoms. The van der Waals surface area contributed by atoms with Crippen LogP contribution in [0.4, 0.5) is 4.79 Å². The molecule has 0 spiro atoms. The SMILES string of the molecule is Cc1noc2c1c(=O)n(C1CCCC(NC(=O)O)C1)c1cccc(Cl)c21. The first-order valence-electron chi connectivity index (χ1n) is 8.55. The molecule has 3 aromatic rings. The zero-order chi connectivity index (χ0) is 18.4. The second-order valence-electron chi connectivity index (χ2n) is 6.75. The van der Waals surface area contributed by atoms with Crippen molar-refractivity contribution in [1.82, 2.24) is 15.0 Å². The van der Waals surface area contributed by atoms with Gasteiger partial charge in [0.2, 0.25) is 0 Å². The molecule has 0 saturated heterocycles. The van der Waals surface area contributed by atoms with Gasteiger partial charge in [0.05, 0.1) is 21.6 Å². The third kappa shape index (κ3) is 2.63. The predicted octanol–water partition coefficient (Wildman–Crippen LogP) is 3.86. The minimum Gasteiger partial charge on any atom is -0.465 e. The van der Waals surface area contributed by atoms with E-state index in [0.717, 1.165) is 19.3 Å². The number of benzene rings is 1. The van der Waals surface area contributed by atoms with Crippen LogP contribution in [-0.2, 0) is 0 Å². The van der Waals surface area contributed by atoms with Gasteiger partial charge in [0.25, 0.3) is 5.56 Å². The number of pyridine rings is 1. The number of carbonyl (C=O) groups is 1. The lowest BCUT2D eigenvalue weighted by Crippen LogP contribution is -2.39. The van der Waals surface area contributed by atoms with E-state index in [4.69, 9.17) is 21.2 Å². The van der Waals surface area contributed by atoms with Crippen LogP contribution in [0.5, 0.6) is 0 Å². The van der Waals surface area contributed by atoms with Gasteiger partial charge in [0.15, 0.2) is 5.58 Å². The zero-order valence-electron chi connectivity index (χ0n) is 14.2. The summed E-state index contributed by atoms with van der Waals surface area (Å²) in [6.45, 7) is 1.73. The molecule has 0 aliphatic heterocycles. The van der Waals surface area contributed by atoms with Gasteiger partial charge in [0.1, 0.15) is 5.39 Å². The van der Waals surface area contributed by atoms with Gasteiger partial charge in [-0.2, -0.15) is 0 Å². The minimum absolute atomic E-state index is 0.118. The van der Waals surface area contributed by atoms with Gasteiger partial charge >= 0.3 is 6.09 Å². The molecule has 1 aromatic carbocycles. The summed E-state index contributed by atoms with van der Waals surface area (Å²) in [6.07, 6.45) is 1.93. The summed E-state index contributed by atoms with van der Waals surface area (Å²) in [5.41, 5.74) is 1.44. The average molecular weight is 376 g/mol. The Morgan fingerprint density at radius 1 is 1.38 bits per heavy atom. The lowest BCUT2D eigenvalue weighted by Gasteiger charge is -2.31. The molecular formula is C18H18ClN3O4. The number of hydrogen-bond donors (Lipinski definition) is 2. The van der Waals surface area contributed by atoms with Gasteiger partial charge < -0.3 is 19.5 Å². The van der Waals surface area contributed by atoms with Crippen molar-refractivity contribution >= 4 is 39.6 Å². The summed E-state index contributed by atoms with van der Waals surface area (Å²) in [5.74, 6) is 0. The highest BCUT2D eigenvalue weighted by molar-refractivity contribution is 6.37. The number of amides is 1. The van der Waals surface area contributed by atoms with Crippen molar-refractivity contribution in [2.75, 3.05) is 0 Å². The number of fused-ring (bicyclic) bond motifs is 3. The van der Waals surface area contributed by atoms with E-state index in [9.17, 15) is 9.59 Å². The van der Waals surface area contributed by atoms with Crippen LogP contribution in [0, 0.1) is 6.92 Å². The first-order chi connectivity index (χ1) is 12.5. The highest BCUT2D eigenvalue weighted by atomic mass is 35.5. The molecule has 1 fully saturated rings. The maximum Gasteiger partial charge on any atom is 0.404 e. The standard InChI is InChI=1S/C18H18ClN3O4/c1-9-14-16(26-21-9)15-12(19)6-3-7-13(15)22(17(14)23)11-5-2-4-10(8-11)20-18(24)25/h3,6-7,10-11,20H,2,4-5,8H2,1H3,(H,24,25). The van der Waals surface area contributed by atoms with Gasteiger partial charge in [-0.1, -0.05) is 22.8 Å². The third-order valence-electron chi connectivity index (χ3n) is 5.11. The lowest BCUT2D eigenvalue weighted by molar-refractivity contribution is 0.181. The van der Waals surface area contributed by atoms with E-state index in [1.807, 2.05) is 6.07 Å². The second-order valence-corrected chi connectivity index (χ2v) is 7.16. The molecule has 8 heteroatoms. The predicted molar refractivity (Wildman–Crippen MR) is 98.0 cm³/mol. The number of rotatable bonds is 2. The number of aryl methyl sites for hydroxylation is 1. The molecule has 1 aliphatic carbocycles. The maximum absolute atomic E-state index is 13.2. The normalized spacial score (nSPS) is 20.5. The lowest BCUT2D eigenvalue weighted by atomic mass is 9.90. The zero-order valence-corrected chi connectivity index (χ0v) is 14.9. The fourth-order valence-corrected chi connectivity index (χ4v) is 4.28. The Morgan fingerprint density at radius 2 is 2.19 bits per heavy atom. The highest BCUT2D eigenvalue weighted by Crippen LogP contribution is 2.35. The van der Waals surface area contributed by atoms with Gasteiger partial charge in [-0.05, 0) is 44.7 Å². The Kier molecular flexibility index (Phi) is 4.11. The van der Waals surface area contributed by atoms with Crippen LogP contribution in [0.1, 0.15) is 37.4 Å². The number of nitrogens with one attached hydrogen (secondary N) is 1. The Morgan fingerprint density at radius 3 is 2.96 bits per heavy atom. The molecule has 2 atom stereocenters. The summed E-state index contributed by atoms with van der Waals surface area (Å²) in [6, 6.07) is 5.10. The molecule has 2 aromatic heterocycles. The number of halogens is 1. The summed E-state index contributed by atoms with van der Waals surface area (Å²) in [5, 5.41) is 17.1. The Bertz CT molecular complexity index is 1070. The molecule has 2 heterocycles. The van der Waals surface area contributed by atoms with Crippen LogP contribution in [0.15, 0.2) is 27.5 Å². The van der Waals surface area contributed by atoms with Crippen molar-refractivity contribution in [2.45, 2.75) is 44.7 Å². The Balaban J connectivity index is 1.95. The molecular weight excluding hydrogens is 358 g/mol. The number of nitrogens with zero attached hydrogens (tertiary/aromatic N) is 2. The highest BCUT2D eigenvalue weighted by Gasteiger charge is 2.28. The van der Waals surface area contributed by atoms with E-state index in [0.29, 0.717) is 39.0 Å². The Hall–Kier alpha value is -2.54. The summed E-state index contributed by atoms with van der Waals surface area (Å²) < 4.78 is 7.14. The quantitative estimate of drug-likeness (QED) is 0.708. The summed E-state index contributed by atoms with van der Waals surface area (Å²) >= 11 is 6.41. The van der Waals surface area contributed by atoms with Crippen molar-refractivity contribution < 1.29 is 14.4 Å². The topological polar surface area (TPSA) is 97.4 Å². The Labute approximate surface area is 153 Å². The van der Waals surface area contributed by atoms with Crippen LogP contribution in [0.3, 0.4) is 0 Å². The van der Waals surface area contributed by atoms with Crippen molar-refractivity contribution in [3.05, 3.63) is 39.3 Å². The number of aromatic nitrogens is 2. The van der Waals surface area contributed by atoms with Crippen LogP contribution in [0.25, 0.3) is 21.9 Å². The molecule has 7 nitrogen and oxygen atoms in total. The third-order valence-corrected chi connectivity index (χ3v) is 5.43. The fourth-order valence-electron chi connectivity index (χ4n) is 4.03. The minimum atomic E-state index is -1.04. The van der Waals surface area contributed by atoms with E-state index < -0.39 is 6.09 Å². The molecule has 4 rings (SSSR count). The van der Waals surface area contributed by atoms with Crippen LogP contribution >= 0.6 is 11.6 Å². The average Bonchev–Trinajstić information content (AvgIpc) is 2.97. The van der Waals surface area contributed by atoms with E-state index in [1.54, 1.807) is 23.6 Å². The number of hydrogen-bond acceptors (Lipinski definition) is 4. The van der Waals surface area contributed by atoms with Crippen LogP contribution in [0.2, 0.25) is 5.02 Å². The first-order valence-corrected chi connectivity index (χ1v) is 8.93. The van der Waals surface area contributed by atoms with Crippen molar-refractivity contribution in [1.29, 1.82) is 0 Å². The summed E-state index contributed by atoms with van der Waals surface area (Å²) in [4.78, 5) is 24.2. The van der Waals surface area contributed by atoms with Crippen molar-refractivity contribution in [3.63, 3.8) is 0 Å². The van der Waals surface area contributed by atoms with Crippen molar-refractivity contribution in [2.24, 2.45) is 0 Å². The van der Waals surface area contributed by atoms with E-state index in [1.165, 1.54) is 0 Å². The van der Waals surface area contributed by atoms with E-state index in [-0.39, 0.29) is 17.6 Å². The molecule has 0 bridgehead atoms. The molecule has 1 aliphatic rings. The smallest absolute Gasteiger partial charge is 0.404 e. The molecule has 136 valence electrons. The largest absolute Gasteiger partial charge is 0.465 e. The van der Waals surface area contributed by atoms with Crippen molar-refractivity contribution in [3.8, 4) is 0 Å². The number of carboxylic acid groups (broad SMARTS) is 1. The maximum atomic E-state index is 13.2. The summed E-state index contributed by atoms with van der Waals surface area (Å²) in [7, 11) is 0. The van der Waals surface area contributed by atoms with Gasteiger partial charge in [-0.25, -0.2) is 4.79 Å². The van der Waals surface area contributed by atoms with Crippen LogP contribution in [-0.4, -0.2) is 27.0 Å². The van der Waals surface area contributed by atoms with Crippen LogP contribution < -0.4 is 10.9 Å². The molecule has 1 amide bonds. The van der Waals surface area contributed by atoms with Gasteiger partial charge in [-0.15, -0.1) is 0 Å². The monoisotopic (exact) mass is 375 g/mol. The molecule has 2 unspecified atom stereocenters.